The van der Waals surface area contributed by atoms with Gasteiger partial charge in [-0.05, 0) is 6.07 Å². The molecule has 2 aromatic heterocycles. The van der Waals surface area contributed by atoms with Gasteiger partial charge in [-0.3, -0.25) is 0 Å². The number of halogens is 1. The fourth-order valence-electron chi connectivity index (χ4n) is 1.44. The van der Waals surface area contributed by atoms with Crippen LogP contribution in [0.25, 0.3) is 0 Å². The normalized spacial score (nSPS) is 12.2. The molecule has 0 aliphatic heterocycles. The van der Waals surface area contributed by atoms with Crippen LogP contribution in [0, 0.1) is 0 Å². The van der Waals surface area contributed by atoms with Crippen molar-refractivity contribution in [1.29, 1.82) is 0 Å². The van der Waals surface area contributed by atoms with E-state index in [1.807, 2.05) is 0 Å². The van der Waals surface area contributed by atoms with Crippen molar-refractivity contribution in [3.63, 3.8) is 0 Å². The second kappa shape index (κ2) is 4.75. The molecular formula is C10H12ClN3O3S. The number of aromatic nitrogens is 2. The number of hydrogen-bond donors (Lipinski definition) is 0. The van der Waals surface area contributed by atoms with Crippen molar-refractivity contribution >= 4 is 21.6 Å². The Labute approximate surface area is 110 Å². The highest BCUT2D eigenvalue weighted by Gasteiger charge is 2.27. The van der Waals surface area contributed by atoms with Crippen LogP contribution in [0.3, 0.4) is 0 Å². The lowest BCUT2D eigenvalue weighted by atomic mass is 10.3. The maximum absolute atomic E-state index is 12.2. The van der Waals surface area contributed by atoms with Gasteiger partial charge < -0.3 is 8.98 Å². The Hall–Kier alpha value is -1.31. The highest BCUT2D eigenvalue weighted by Crippen LogP contribution is 2.22. The molecule has 0 aliphatic carbocycles. The summed E-state index contributed by atoms with van der Waals surface area (Å²) in [5.41, 5.74) is 0.758. The van der Waals surface area contributed by atoms with Crippen LogP contribution in [0.2, 0.25) is 5.15 Å². The van der Waals surface area contributed by atoms with Crippen LogP contribution in [0.15, 0.2) is 34.4 Å². The Morgan fingerprint density at radius 1 is 1.56 bits per heavy atom. The van der Waals surface area contributed by atoms with Gasteiger partial charge in [-0.25, -0.2) is 13.4 Å². The first kappa shape index (κ1) is 13.1. The van der Waals surface area contributed by atoms with Crippen LogP contribution in [-0.2, 0) is 23.6 Å². The van der Waals surface area contributed by atoms with Crippen molar-refractivity contribution in [2.75, 3.05) is 7.05 Å². The van der Waals surface area contributed by atoms with Crippen molar-refractivity contribution in [3.05, 3.63) is 35.6 Å². The fraction of sp³-hybridized carbons (Fsp3) is 0.300. The summed E-state index contributed by atoms with van der Waals surface area (Å²) < 4.78 is 32.0. The third-order valence-electron chi connectivity index (χ3n) is 2.47. The summed E-state index contributed by atoms with van der Waals surface area (Å²) in [6.07, 6.45) is 4.34. The molecule has 8 heteroatoms. The average Bonchev–Trinajstić information content (AvgIpc) is 2.91. The lowest BCUT2D eigenvalue weighted by Crippen LogP contribution is -2.26. The second-order valence-corrected chi connectivity index (χ2v) is 6.16. The number of rotatable bonds is 4. The summed E-state index contributed by atoms with van der Waals surface area (Å²) in [7, 11) is -0.602. The van der Waals surface area contributed by atoms with Gasteiger partial charge in [-0.2, -0.15) is 4.31 Å². The van der Waals surface area contributed by atoms with E-state index in [0.717, 1.165) is 5.56 Å². The smallest absolute Gasteiger partial charge is 0.263 e. The van der Waals surface area contributed by atoms with E-state index in [9.17, 15) is 8.42 Å². The van der Waals surface area contributed by atoms with E-state index in [1.165, 1.54) is 34.8 Å². The van der Waals surface area contributed by atoms with Gasteiger partial charge in [0.25, 0.3) is 10.0 Å². The Morgan fingerprint density at radius 2 is 2.28 bits per heavy atom. The molecule has 2 aromatic rings. The second-order valence-electron chi connectivity index (χ2n) is 3.84. The zero-order valence-electron chi connectivity index (χ0n) is 9.87. The van der Waals surface area contributed by atoms with E-state index in [-0.39, 0.29) is 16.7 Å². The molecule has 0 amide bonds. The summed E-state index contributed by atoms with van der Waals surface area (Å²) in [4.78, 5) is 3.82. The van der Waals surface area contributed by atoms with Gasteiger partial charge in [0.05, 0.1) is 18.9 Å². The third-order valence-corrected chi connectivity index (χ3v) is 4.77. The first-order valence-electron chi connectivity index (χ1n) is 5.07. The number of imidazole rings is 1. The quantitative estimate of drug-likeness (QED) is 0.855. The molecule has 18 heavy (non-hydrogen) atoms. The highest BCUT2D eigenvalue weighted by atomic mass is 35.5. The number of aryl methyl sites for hydroxylation is 1. The van der Waals surface area contributed by atoms with Crippen LogP contribution >= 0.6 is 11.6 Å². The molecule has 2 heterocycles. The molecule has 0 saturated heterocycles. The highest BCUT2D eigenvalue weighted by molar-refractivity contribution is 7.89. The van der Waals surface area contributed by atoms with E-state index in [1.54, 1.807) is 13.1 Å². The minimum absolute atomic E-state index is 0.0917. The molecule has 0 bridgehead atoms. The molecule has 6 nitrogen and oxygen atoms in total. The average molecular weight is 290 g/mol. The van der Waals surface area contributed by atoms with Crippen LogP contribution < -0.4 is 0 Å². The van der Waals surface area contributed by atoms with Crippen molar-refractivity contribution in [2.24, 2.45) is 7.05 Å². The van der Waals surface area contributed by atoms with Gasteiger partial charge in [0, 0.05) is 26.2 Å². The summed E-state index contributed by atoms with van der Waals surface area (Å²) in [6.45, 7) is 0.200. The molecule has 0 fully saturated rings. The number of nitrogens with zero attached hydrogens (tertiary/aromatic N) is 3. The Balaban J connectivity index is 2.28. The van der Waals surface area contributed by atoms with Gasteiger partial charge in [0.1, 0.15) is 5.15 Å². The Bertz CT molecular complexity index is 633. The summed E-state index contributed by atoms with van der Waals surface area (Å²) >= 11 is 5.90. The van der Waals surface area contributed by atoms with Gasteiger partial charge in [-0.1, -0.05) is 11.6 Å². The number of furan rings is 1. The predicted octanol–water partition coefficient (Wildman–Crippen LogP) is 1.49. The van der Waals surface area contributed by atoms with Gasteiger partial charge >= 0.3 is 0 Å². The van der Waals surface area contributed by atoms with Crippen molar-refractivity contribution in [2.45, 2.75) is 11.6 Å². The van der Waals surface area contributed by atoms with Crippen LogP contribution in [0.5, 0.6) is 0 Å². The molecular weight excluding hydrogens is 278 g/mol. The maximum atomic E-state index is 12.2. The van der Waals surface area contributed by atoms with Crippen LogP contribution in [0.1, 0.15) is 5.56 Å². The van der Waals surface area contributed by atoms with Crippen LogP contribution in [0.4, 0.5) is 0 Å². The minimum Gasteiger partial charge on any atom is -0.472 e. The lowest BCUT2D eigenvalue weighted by molar-refractivity contribution is 0.461. The van der Waals surface area contributed by atoms with Crippen molar-refractivity contribution < 1.29 is 12.8 Å². The largest absolute Gasteiger partial charge is 0.472 e. The molecule has 0 unspecified atom stereocenters. The SMILES string of the molecule is CN(Cc1ccoc1)S(=O)(=O)c1ncn(C)c1Cl. The van der Waals surface area contributed by atoms with E-state index in [2.05, 4.69) is 4.98 Å². The molecule has 0 N–H and O–H groups in total. The topological polar surface area (TPSA) is 68.3 Å². The molecule has 0 aromatic carbocycles. The van der Waals surface area contributed by atoms with E-state index < -0.39 is 10.0 Å². The van der Waals surface area contributed by atoms with Gasteiger partial charge in [0.2, 0.25) is 5.03 Å². The van der Waals surface area contributed by atoms with Crippen LogP contribution in [-0.4, -0.2) is 29.3 Å². The monoisotopic (exact) mass is 289 g/mol. The third kappa shape index (κ3) is 2.29. The summed E-state index contributed by atoms with van der Waals surface area (Å²) in [5, 5.41) is -0.0493. The standard InChI is InChI=1S/C10H12ClN3O3S/c1-13-7-12-10(9(13)11)18(15,16)14(2)5-8-3-4-17-6-8/h3-4,6-7H,5H2,1-2H3. The summed E-state index contributed by atoms with van der Waals surface area (Å²) in [5.74, 6) is 0. The van der Waals surface area contributed by atoms with Crippen molar-refractivity contribution in [1.82, 2.24) is 13.9 Å². The zero-order valence-corrected chi connectivity index (χ0v) is 11.4. The van der Waals surface area contributed by atoms with Gasteiger partial charge in [-0.15, -0.1) is 0 Å². The Morgan fingerprint density at radius 3 is 2.78 bits per heavy atom. The zero-order chi connectivity index (χ0) is 13.3. The van der Waals surface area contributed by atoms with E-state index in [4.69, 9.17) is 16.0 Å². The van der Waals surface area contributed by atoms with Gasteiger partial charge in [0.15, 0.2) is 0 Å². The fourth-order valence-corrected chi connectivity index (χ4v) is 2.98. The number of hydrogen-bond acceptors (Lipinski definition) is 4. The molecule has 0 atom stereocenters. The van der Waals surface area contributed by atoms with Crippen molar-refractivity contribution in [3.8, 4) is 0 Å². The molecule has 0 spiro atoms. The molecule has 98 valence electrons. The predicted molar refractivity (Wildman–Crippen MR) is 65.6 cm³/mol. The van der Waals surface area contributed by atoms with E-state index in [0.29, 0.717) is 0 Å². The Kier molecular flexibility index (Phi) is 3.47. The molecule has 2 rings (SSSR count). The summed E-state index contributed by atoms with van der Waals surface area (Å²) in [6, 6.07) is 1.70. The molecule has 0 saturated carbocycles. The van der Waals surface area contributed by atoms with E-state index >= 15 is 0 Å². The first-order chi connectivity index (χ1) is 8.43. The molecule has 0 aliphatic rings. The number of sulfonamides is 1. The lowest BCUT2D eigenvalue weighted by Gasteiger charge is -2.14. The molecule has 0 radical (unpaired) electrons. The minimum atomic E-state index is -3.70. The first-order valence-corrected chi connectivity index (χ1v) is 6.89. The maximum Gasteiger partial charge on any atom is 0.263 e.